The minimum absolute atomic E-state index is 0.374. The minimum atomic E-state index is -0.530. The molecule has 0 spiro atoms. The van der Waals surface area contributed by atoms with Crippen LogP contribution in [0.4, 0.5) is 5.69 Å². The van der Waals surface area contributed by atoms with Crippen molar-refractivity contribution in [2.24, 2.45) is 0 Å². The number of thioether (sulfide) groups is 1. The molecule has 19 heavy (non-hydrogen) atoms. The number of anilines is 1. The fraction of sp³-hybridized carbons (Fsp3) is 0.533. The first-order valence-corrected chi connectivity index (χ1v) is 7.84. The molecule has 0 aliphatic heterocycles. The van der Waals surface area contributed by atoms with E-state index in [2.05, 4.69) is 24.1 Å². The van der Waals surface area contributed by atoms with E-state index in [0.29, 0.717) is 11.6 Å². The first kappa shape index (κ1) is 15.9. The fourth-order valence-corrected chi connectivity index (χ4v) is 2.57. The normalized spacial score (nSPS) is 13.7. The Morgan fingerprint density at radius 3 is 2.63 bits per heavy atom. The van der Waals surface area contributed by atoms with Crippen LogP contribution in [-0.2, 0) is 0 Å². The average Bonchev–Trinajstić information content (AvgIpc) is 2.42. The van der Waals surface area contributed by atoms with Crippen LogP contribution in [0.3, 0.4) is 0 Å². The molecule has 0 heterocycles. The molecular weight excluding hydrogens is 256 g/mol. The number of rotatable bonds is 6. The monoisotopic (exact) mass is 278 g/mol. The molecule has 1 aromatic carbocycles. The number of benzene rings is 1. The van der Waals surface area contributed by atoms with Crippen LogP contribution >= 0.6 is 11.8 Å². The maximum absolute atomic E-state index is 9.86. The first-order valence-electron chi connectivity index (χ1n) is 6.45. The van der Waals surface area contributed by atoms with Crippen LogP contribution in [0.1, 0.15) is 37.5 Å². The first-order chi connectivity index (χ1) is 9.01. The van der Waals surface area contributed by atoms with Crippen LogP contribution in [0.2, 0.25) is 0 Å². The predicted octanol–water partition coefficient (Wildman–Crippen LogP) is 3.19. The van der Waals surface area contributed by atoms with Crippen molar-refractivity contribution in [1.82, 2.24) is 0 Å². The van der Waals surface area contributed by atoms with Gasteiger partial charge in [0.1, 0.15) is 0 Å². The molecule has 0 aliphatic rings. The van der Waals surface area contributed by atoms with Gasteiger partial charge < -0.3 is 10.0 Å². The summed E-state index contributed by atoms with van der Waals surface area (Å²) in [4.78, 5) is 2.15. The van der Waals surface area contributed by atoms with Gasteiger partial charge in [0, 0.05) is 24.3 Å². The van der Waals surface area contributed by atoms with Crippen LogP contribution in [0.15, 0.2) is 18.2 Å². The standard InChI is InChI=1S/C15H22N2OS/c1-11(7-8-19-4)17(3)15-9-13(10-16)5-6-14(15)12(2)18/h5-6,9,11-12,18H,7-8H2,1-4H3. The lowest BCUT2D eigenvalue weighted by molar-refractivity contribution is 0.199. The highest BCUT2D eigenvalue weighted by Gasteiger charge is 2.16. The summed E-state index contributed by atoms with van der Waals surface area (Å²) in [6.07, 6.45) is 2.65. The fourth-order valence-electron chi connectivity index (χ4n) is 1.99. The number of nitriles is 1. The van der Waals surface area contributed by atoms with Gasteiger partial charge in [-0.05, 0) is 44.4 Å². The zero-order chi connectivity index (χ0) is 14.4. The van der Waals surface area contributed by atoms with E-state index >= 15 is 0 Å². The number of aliphatic hydroxyl groups excluding tert-OH is 1. The summed E-state index contributed by atoms with van der Waals surface area (Å²) in [5.41, 5.74) is 2.45. The van der Waals surface area contributed by atoms with Crippen LogP contribution in [0.25, 0.3) is 0 Å². The second kappa shape index (κ2) is 7.42. The largest absolute Gasteiger partial charge is 0.389 e. The Hall–Kier alpha value is -1.18. The molecule has 104 valence electrons. The van der Waals surface area contributed by atoms with Gasteiger partial charge in [-0.15, -0.1) is 0 Å². The smallest absolute Gasteiger partial charge is 0.0992 e. The average molecular weight is 278 g/mol. The molecule has 0 amide bonds. The van der Waals surface area contributed by atoms with Crippen molar-refractivity contribution < 1.29 is 5.11 Å². The molecule has 1 N–H and O–H groups in total. The molecule has 3 nitrogen and oxygen atoms in total. The highest BCUT2D eigenvalue weighted by Crippen LogP contribution is 2.28. The molecule has 0 fully saturated rings. The summed E-state index contributed by atoms with van der Waals surface area (Å²) < 4.78 is 0. The lowest BCUT2D eigenvalue weighted by Gasteiger charge is -2.30. The molecule has 2 atom stereocenters. The maximum atomic E-state index is 9.86. The van der Waals surface area contributed by atoms with Crippen LogP contribution in [0.5, 0.6) is 0 Å². The minimum Gasteiger partial charge on any atom is -0.389 e. The summed E-state index contributed by atoms with van der Waals surface area (Å²) in [5.74, 6) is 1.10. The zero-order valence-electron chi connectivity index (χ0n) is 12.1. The van der Waals surface area contributed by atoms with Crippen LogP contribution in [0, 0.1) is 11.3 Å². The van der Waals surface area contributed by atoms with Crippen molar-refractivity contribution in [1.29, 1.82) is 5.26 Å². The molecule has 0 aliphatic carbocycles. The van der Waals surface area contributed by atoms with Gasteiger partial charge in [0.05, 0.1) is 17.7 Å². The second-order valence-corrected chi connectivity index (χ2v) is 5.79. The SMILES string of the molecule is CSCCC(C)N(C)c1cc(C#N)ccc1C(C)O. The molecule has 0 saturated heterocycles. The second-order valence-electron chi connectivity index (χ2n) is 4.80. The molecule has 1 aromatic rings. The quantitative estimate of drug-likeness (QED) is 0.868. The molecule has 1 rings (SSSR count). The molecular formula is C15H22N2OS. The van der Waals surface area contributed by atoms with E-state index in [-0.39, 0.29) is 0 Å². The third-order valence-corrected chi connectivity index (χ3v) is 4.03. The Kier molecular flexibility index (Phi) is 6.20. The number of hydrogen-bond donors (Lipinski definition) is 1. The van der Waals surface area contributed by atoms with Gasteiger partial charge in [-0.25, -0.2) is 0 Å². The van der Waals surface area contributed by atoms with E-state index in [4.69, 9.17) is 5.26 Å². The van der Waals surface area contributed by atoms with Gasteiger partial charge in [0.25, 0.3) is 0 Å². The van der Waals surface area contributed by atoms with E-state index in [1.807, 2.05) is 30.9 Å². The lowest BCUT2D eigenvalue weighted by atomic mass is 10.0. The molecule has 0 saturated carbocycles. The lowest BCUT2D eigenvalue weighted by Crippen LogP contribution is -2.30. The predicted molar refractivity (Wildman–Crippen MR) is 82.7 cm³/mol. The van der Waals surface area contributed by atoms with Crippen molar-refractivity contribution in [3.05, 3.63) is 29.3 Å². The third kappa shape index (κ3) is 4.15. The summed E-state index contributed by atoms with van der Waals surface area (Å²) in [5, 5.41) is 18.9. The number of hydrogen-bond acceptors (Lipinski definition) is 4. The summed E-state index contributed by atoms with van der Waals surface area (Å²) in [6, 6.07) is 7.99. The Bertz CT molecular complexity index is 454. The van der Waals surface area contributed by atoms with Crippen molar-refractivity contribution in [3.63, 3.8) is 0 Å². The molecule has 4 heteroatoms. The Balaban J connectivity index is 3.05. The van der Waals surface area contributed by atoms with E-state index in [0.717, 1.165) is 23.4 Å². The topological polar surface area (TPSA) is 47.3 Å². The highest BCUT2D eigenvalue weighted by molar-refractivity contribution is 7.98. The van der Waals surface area contributed by atoms with Gasteiger partial charge >= 0.3 is 0 Å². The van der Waals surface area contributed by atoms with Gasteiger partial charge in [-0.3, -0.25) is 0 Å². The van der Waals surface area contributed by atoms with E-state index < -0.39 is 6.10 Å². The van der Waals surface area contributed by atoms with Crippen LogP contribution in [-0.4, -0.2) is 30.2 Å². The maximum Gasteiger partial charge on any atom is 0.0992 e. The summed E-state index contributed by atoms with van der Waals surface area (Å²) in [7, 11) is 2.02. The summed E-state index contributed by atoms with van der Waals surface area (Å²) >= 11 is 1.83. The Morgan fingerprint density at radius 1 is 1.42 bits per heavy atom. The molecule has 0 bridgehead atoms. The molecule has 0 aromatic heterocycles. The van der Waals surface area contributed by atoms with Crippen molar-refractivity contribution >= 4 is 17.4 Å². The van der Waals surface area contributed by atoms with Gasteiger partial charge in [-0.1, -0.05) is 6.07 Å². The number of aliphatic hydroxyl groups is 1. The van der Waals surface area contributed by atoms with Gasteiger partial charge in [0.15, 0.2) is 0 Å². The number of nitrogens with zero attached hydrogens (tertiary/aromatic N) is 2. The van der Waals surface area contributed by atoms with E-state index in [9.17, 15) is 5.11 Å². The summed E-state index contributed by atoms with van der Waals surface area (Å²) in [6.45, 7) is 3.92. The van der Waals surface area contributed by atoms with Crippen molar-refractivity contribution in [2.75, 3.05) is 24.0 Å². The van der Waals surface area contributed by atoms with Crippen molar-refractivity contribution in [2.45, 2.75) is 32.4 Å². The van der Waals surface area contributed by atoms with Crippen molar-refractivity contribution in [3.8, 4) is 6.07 Å². The van der Waals surface area contributed by atoms with E-state index in [1.54, 1.807) is 13.0 Å². The molecule has 2 unspecified atom stereocenters. The van der Waals surface area contributed by atoms with E-state index in [1.165, 1.54) is 0 Å². The Morgan fingerprint density at radius 2 is 2.11 bits per heavy atom. The molecule has 0 radical (unpaired) electrons. The van der Waals surface area contributed by atoms with Crippen LogP contribution < -0.4 is 4.90 Å². The van der Waals surface area contributed by atoms with Gasteiger partial charge in [0.2, 0.25) is 0 Å². The zero-order valence-corrected chi connectivity index (χ0v) is 12.9. The Labute approximate surface area is 120 Å². The van der Waals surface area contributed by atoms with Gasteiger partial charge in [-0.2, -0.15) is 17.0 Å². The third-order valence-electron chi connectivity index (χ3n) is 3.39. The highest BCUT2D eigenvalue weighted by atomic mass is 32.2.